The standard InChI is InChI=1S/C20H28N4O2S/c1-14-6-7-17(16(12-14)20(3,4)5)26-13-18(25)23-8-10-24(11-9-23)19-22-21-15(2)27-19/h6-7,12H,8-11,13H2,1-5H3. The van der Waals surface area contributed by atoms with Crippen molar-refractivity contribution in [1.82, 2.24) is 15.1 Å². The van der Waals surface area contributed by atoms with Crippen molar-refractivity contribution in [3.63, 3.8) is 0 Å². The summed E-state index contributed by atoms with van der Waals surface area (Å²) in [7, 11) is 0. The van der Waals surface area contributed by atoms with E-state index in [0.717, 1.165) is 34.5 Å². The van der Waals surface area contributed by atoms with Gasteiger partial charge in [0.25, 0.3) is 5.91 Å². The Bertz CT molecular complexity index is 805. The zero-order chi connectivity index (χ0) is 19.6. The maximum absolute atomic E-state index is 12.6. The van der Waals surface area contributed by atoms with Crippen LogP contribution in [0.4, 0.5) is 5.13 Å². The summed E-state index contributed by atoms with van der Waals surface area (Å²) in [5.74, 6) is 0.827. The molecule has 2 heterocycles. The minimum atomic E-state index is -0.0318. The molecule has 2 aromatic rings. The predicted octanol–water partition coefficient (Wildman–Crippen LogP) is 3.18. The van der Waals surface area contributed by atoms with Crippen LogP contribution in [0.2, 0.25) is 0 Å². The van der Waals surface area contributed by atoms with Crippen molar-refractivity contribution in [3.8, 4) is 5.75 Å². The smallest absolute Gasteiger partial charge is 0.260 e. The molecule has 0 N–H and O–H groups in total. The van der Waals surface area contributed by atoms with Crippen LogP contribution in [-0.2, 0) is 10.2 Å². The summed E-state index contributed by atoms with van der Waals surface area (Å²) in [4.78, 5) is 16.7. The number of aromatic nitrogens is 2. The van der Waals surface area contributed by atoms with Gasteiger partial charge in [-0.3, -0.25) is 4.79 Å². The predicted molar refractivity (Wildman–Crippen MR) is 109 cm³/mol. The van der Waals surface area contributed by atoms with Gasteiger partial charge in [0, 0.05) is 26.2 Å². The number of carbonyl (C=O) groups excluding carboxylic acids is 1. The Hall–Kier alpha value is -2.15. The van der Waals surface area contributed by atoms with E-state index in [4.69, 9.17) is 4.74 Å². The number of anilines is 1. The molecule has 0 atom stereocenters. The van der Waals surface area contributed by atoms with Gasteiger partial charge in [-0.05, 0) is 30.9 Å². The Morgan fingerprint density at radius 1 is 1.15 bits per heavy atom. The molecule has 1 fully saturated rings. The number of hydrogen-bond acceptors (Lipinski definition) is 6. The lowest BCUT2D eigenvalue weighted by Gasteiger charge is -2.34. The minimum absolute atomic E-state index is 0.0310. The first-order valence-corrected chi connectivity index (χ1v) is 10.1. The van der Waals surface area contributed by atoms with Crippen LogP contribution in [-0.4, -0.2) is 53.8 Å². The van der Waals surface area contributed by atoms with E-state index in [2.05, 4.69) is 48.9 Å². The quantitative estimate of drug-likeness (QED) is 0.805. The fourth-order valence-corrected chi connectivity index (χ4v) is 3.89. The maximum atomic E-state index is 12.6. The second-order valence-corrected chi connectivity index (χ2v) is 9.17. The van der Waals surface area contributed by atoms with Gasteiger partial charge in [0.1, 0.15) is 10.8 Å². The number of benzene rings is 1. The van der Waals surface area contributed by atoms with Gasteiger partial charge in [0.15, 0.2) is 6.61 Å². The molecule has 0 unspecified atom stereocenters. The number of amides is 1. The summed E-state index contributed by atoms with van der Waals surface area (Å²) in [6, 6.07) is 6.14. The Morgan fingerprint density at radius 2 is 1.85 bits per heavy atom. The Labute approximate surface area is 165 Å². The molecule has 0 spiro atoms. The number of hydrogen-bond donors (Lipinski definition) is 0. The van der Waals surface area contributed by atoms with Crippen LogP contribution in [0, 0.1) is 13.8 Å². The van der Waals surface area contributed by atoms with E-state index >= 15 is 0 Å². The number of rotatable bonds is 4. The maximum Gasteiger partial charge on any atom is 0.260 e. The van der Waals surface area contributed by atoms with Crippen molar-refractivity contribution in [2.75, 3.05) is 37.7 Å². The van der Waals surface area contributed by atoms with E-state index in [1.165, 1.54) is 5.56 Å². The third-order valence-electron chi connectivity index (χ3n) is 4.71. The van der Waals surface area contributed by atoms with Crippen molar-refractivity contribution in [3.05, 3.63) is 34.3 Å². The minimum Gasteiger partial charge on any atom is -0.483 e. The molecule has 0 bridgehead atoms. The molecular weight excluding hydrogens is 360 g/mol. The first-order chi connectivity index (χ1) is 12.7. The van der Waals surface area contributed by atoms with E-state index in [1.54, 1.807) is 11.3 Å². The van der Waals surface area contributed by atoms with Gasteiger partial charge in [-0.25, -0.2) is 0 Å². The summed E-state index contributed by atoms with van der Waals surface area (Å²) < 4.78 is 5.92. The monoisotopic (exact) mass is 388 g/mol. The molecule has 7 heteroatoms. The number of nitrogens with zero attached hydrogens (tertiary/aromatic N) is 4. The highest BCUT2D eigenvalue weighted by Gasteiger charge is 2.24. The van der Waals surface area contributed by atoms with E-state index in [9.17, 15) is 4.79 Å². The third kappa shape index (κ3) is 4.77. The molecule has 1 aliphatic rings. The normalized spacial score (nSPS) is 15.1. The first-order valence-electron chi connectivity index (χ1n) is 9.31. The Morgan fingerprint density at radius 3 is 2.44 bits per heavy atom. The van der Waals surface area contributed by atoms with E-state index in [0.29, 0.717) is 13.1 Å². The van der Waals surface area contributed by atoms with Crippen LogP contribution in [0.1, 0.15) is 36.9 Å². The van der Waals surface area contributed by atoms with Crippen molar-refractivity contribution in [2.45, 2.75) is 40.0 Å². The number of carbonyl (C=O) groups is 1. The van der Waals surface area contributed by atoms with Crippen LogP contribution in [0.3, 0.4) is 0 Å². The average molecular weight is 389 g/mol. The van der Waals surface area contributed by atoms with Gasteiger partial charge in [0.05, 0.1) is 0 Å². The van der Waals surface area contributed by atoms with Crippen molar-refractivity contribution >= 4 is 22.4 Å². The van der Waals surface area contributed by atoms with Gasteiger partial charge in [-0.2, -0.15) is 0 Å². The molecule has 0 radical (unpaired) electrons. The van der Waals surface area contributed by atoms with Crippen LogP contribution in [0.25, 0.3) is 0 Å². The first kappa shape index (κ1) is 19.6. The molecule has 146 valence electrons. The number of piperazine rings is 1. The molecule has 0 saturated carbocycles. The fraction of sp³-hybridized carbons (Fsp3) is 0.550. The molecule has 1 saturated heterocycles. The van der Waals surface area contributed by atoms with Gasteiger partial charge < -0.3 is 14.5 Å². The molecule has 6 nitrogen and oxygen atoms in total. The van der Waals surface area contributed by atoms with E-state index in [-0.39, 0.29) is 17.9 Å². The molecular formula is C20H28N4O2S. The molecule has 1 aromatic carbocycles. The molecule has 1 aliphatic heterocycles. The SMILES string of the molecule is Cc1ccc(OCC(=O)N2CCN(c3nnc(C)s3)CC2)c(C(C)(C)C)c1. The van der Waals surface area contributed by atoms with Gasteiger partial charge in [-0.15, -0.1) is 10.2 Å². The summed E-state index contributed by atoms with van der Waals surface area (Å²) in [5, 5.41) is 10.2. The highest BCUT2D eigenvalue weighted by molar-refractivity contribution is 7.15. The summed E-state index contributed by atoms with van der Waals surface area (Å²) in [6.45, 7) is 13.5. The third-order valence-corrected chi connectivity index (χ3v) is 5.61. The summed E-state index contributed by atoms with van der Waals surface area (Å²) >= 11 is 1.59. The zero-order valence-corrected chi connectivity index (χ0v) is 17.6. The van der Waals surface area contributed by atoms with Crippen LogP contribution >= 0.6 is 11.3 Å². The van der Waals surface area contributed by atoms with E-state index in [1.807, 2.05) is 24.0 Å². The number of ether oxygens (including phenoxy) is 1. The molecule has 0 aliphatic carbocycles. The number of aryl methyl sites for hydroxylation is 2. The van der Waals surface area contributed by atoms with Crippen molar-refractivity contribution < 1.29 is 9.53 Å². The highest BCUT2D eigenvalue weighted by Crippen LogP contribution is 2.32. The average Bonchev–Trinajstić information content (AvgIpc) is 3.06. The van der Waals surface area contributed by atoms with Crippen molar-refractivity contribution in [1.29, 1.82) is 0 Å². The molecule has 1 aromatic heterocycles. The Kier molecular flexibility index (Phi) is 5.69. The zero-order valence-electron chi connectivity index (χ0n) is 16.8. The lowest BCUT2D eigenvalue weighted by molar-refractivity contribution is -0.133. The fourth-order valence-electron chi connectivity index (χ4n) is 3.15. The summed E-state index contributed by atoms with van der Waals surface area (Å²) in [6.07, 6.45) is 0. The van der Waals surface area contributed by atoms with Gasteiger partial charge in [-0.1, -0.05) is 49.8 Å². The lowest BCUT2D eigenvalue weighted by atomic mass is 9.85. The van der Waals surface area contributed by atoms with Crippen LogP contribution < -0.4 is 9.64 Å². The lowest BCUT2D eigenvalue weighted by Crippen LogP contribution is -2.50. The van der Waals surface area contributed by atoms with E-state index < -0.39 is 0 Å². The Balaban J connectivity index is 1.56. The molecule has 27 heavy (non-hydrogen) atoms. The second kappa shape index (κ2) is 7.84. The summed E-state index contributed by atoms with van der Waals surface area (Å²) in [5.41, 5.74) is 2.30. The van der Waals surface area contributed by atoms with Crippen LogP contribution in [0.15, 0.2) is 18.2 Å². The highest BCUT2D eigenvalue weighted by atomic mass is 32.1. The molecule has 1 amide bonds. The van der Waals surface area contributed by atoms with Gasteiger partial charge >= 0.3 is 0 Å². The second-order valence-electron chi connectivity index (χ2n) is 8.01. The molecule has 3 rings (SSSR count). The van der Waals surface area contributed by atoms with Crippen molar-refractivity contribution in [2.24, 2.45) is 0 Å². The largest absolute Gasteiger partial charge is 0.483 e. The van der Waals surface area contributed by atoms with Crippen LogP contribution in [0.5, 0.6) is 5.75 Å². The topological polar surface area (TPSA) is 58.6 Å². The van der Waals surface area contributed by atoms with Gasteiger partial charge in [0.2, 0.25) is 5.13 Å².